The fourth-order valence-electron chi connectivity index (χ4n) is 3.27. The highest BCUT2D eigenvalue weighted by molar-refractivity contribution is 7.92. The van der Waals surface area contributed by atoms with E-state index in [1.165, 1.54) is 19.2 Å². The maximum atomic E-state index is 13.1. The number of methoxy groups -OCH3 is 1. The maximum absolute atomic E-state index is 13.1. The monoisotopic (exact) mass is 466 g/mol. The van der Waals surface area contributed by atoms with Crippen LogP contribution in [-0.2, 0) is 14.8 Å². The summed E-state index contributed by atoms with van der Waals surface area (Å²) in [4.78, 5) is 24.7. The first kappa shape index (κ1) is 24.0. The molecular formula is C25H26N2O5S. The van der Waals surface area contributed by atoms with Gasteiger partial charge in [-0.25, -0.2) is 13.2 Å². The second-order valence-electron chi connectivity index (χ2n) is 7.88. The lowest BCUT2D eigenvalue weighted by molar-refractivity contribution is 0.0600. The molecule has 0 aromatic heterocycles. The quantitative estimate of drug-likeness (QED) is 0.510. The molecule has 3 aromatic rings. The van der Waals surface area contributed by atoms with E-state index >= 15 is 0 Å². The Bertz CT molecular complexity index is 1350. The molecule has 8 heteroatoms. The van der Waals surface area contributed by atoms with Gasteiger partial charge in [-0.15, -0.1) is 0 Å². The lowest BCUT2D eigenvalue weighted by Gasteiger charge is -2.15. The van der Waals surface area contributed by atoms with E-state index in [9.17, 15) is 18.0 Å². The van der Waals surface area contributed by atoms with E-state index in [0.29, 0.717) is 22.5 Å². The van der Waals surface area contributed by atoms with Crippen molar-refractivity contribution in [2.24, 2.45) is 0 Å². The molecule has 0 bridgehead atoms. The number of hydrogen-bond acceptors (Lipinski definition) is 5. The van der Waals surface area contributed by atoms with E-state index in [1.54, 1.807) is 44.2 Å². The number of anilines is 2. The zero-order valence-electron chi connectivity index (χ0n) is 19.1. The minimum absolute atomic E-state index is 0.0103. The SMILES string of the molecule is COC(=O)c1ccc(C)c(NC(=O)c2ccc(C)c(S(=O)(=O)Nc3cc(C)ccc3C)c2)c1. The number of ether oxygens (including phenoxy) is 1. The lowest BCUT2D eigenvalue weighted by Crippen LogP contribution is -2.18. The number of carbonyl (C=O) groups excluding carboxylic acids is 2. The van der Waals surface area contributed by atoms with Crippen LogP contribution in [0.1, 0.15) is 43.0 Å². The van der Waals surface area contributed by atoms with Crippen LogP contribution in [0.5, 0.6) is 0 Å². The van der Waals surface area contributed by atoms with Gasteiger partial charge in [-0.3, -0.25) is 9.52 Å². The minimum Gasteiger partial charge on any atom is -0.465 e. The Morgan fingerprint density at radius 1 is 0.758 bits per heavy atom. The smallest absolute Gasteiger partial charge is 0.337 e. The summed E-state index contributed by atoms with van der Waals surface area (Å²) in [5.74, 6) is -1.02. The highest BCUT2D eigenvalue weighted by Gasteiger charge is 2.21. The Morgan fingerprint density at radius 2 is 1.36 bits per heavy atom. The van der Waals surface area contributed by atoms with Crippen LogP contribution in [0.4, 0.5) is 11.4 Å². The first-order chi connectivity index (χ1) is 15.5. The summed E-state index contributed by atoms with van der Waals surface area (Å²) in [6.45, 7) is 7.16. The fourth-order valence-corrected chi connectivity index (χ4v) is 4.67. The molecule has 0 atom stereocenters. The third-order valence-electron chi connectivity index (χ3n) is 5.28. The number of nitrogens with one attached hydrogen (secondary N) is 2. The average Bonchev–Trinajstić information content (AvgIpc) is 2.77. The van der Waals surface area contributed by atoms with Crippen LogP contribution >= 0.6 is 0 Å². The third kappa shape index (κ3) is 5.40. The normalized spacial score (nSPS) is 11.1. The molecule has 0 heterocycles. The second kappa shape index (κ2) is 9.46. The Kier molecular flexibility index (Phi) is 6.88. The van der Waals surface area contributed by atoms with E-state index in [-0.39, 0.29) is 10.5 Å². The van der Waals surface area contributed by atoms with Crippen LogP contribution < -0.4 is 10.0 Å². The van der Waals surface area contributed by atoms with E-state index in [1.807, 2.05) is 26.0 Å². The van der Waals surface area contributed by atoms with Gasteiger partial charge < -0.3 is 10.1 Å². The number of amides is 1. The van der Waals surface area contributed by atoms with E-state index in [4.69, 9.17) is 4.74 Å². The Labute approximate surface area is 193 Å². The van der Waals surface area contributed by atoms with Gasteiger partial charge in [0.25, 0.3) is 15.9 Å². The summed E-state index contributed by atoms with van der Waals surface area (Å²) in [6, 6.07) is 14.8. The molecular weight excluding hydrogens is 440 g/mol. The van der Waals surface area contributed by atoms with Crippen LogP contribution in [0.15, 0.2) is 59.5 Å². The molecule has 33 heavy (non-hydrogen) atoms. The first-order valence-corrected chi connectivity index (χ1v) is 11.7. The van der Waals surface area contributed by atoms with Crippen LogP contribution in [0.3, 0.4) is 0 Å². The van der Waals surface area contributed by atoms with Gasteiger partial charge in [-0.1, -0.05) is 24.3 Å². The summed E-state index contributed by atoms with van der Waals surface area (Å²) in [5.41, 5.74) is 4.35. The Hall–Kier alpha value is -3.65. The van der Waals surface area contributed by atoms with Crippen molar-refractivity contribution in [3.63, 3.8) is 0 Å². The highest BCUT2D eigenvalue weighted by Crippen LogP contribution is 2.25. The van der Waals surface area contributed by atoms with Crippen molar-refractivity contribution in [3.05, 3.63) is 88.0 Å². The summed E-state index contributed by atoms with van der Waals surface area (Å²) < 4.78 is 33.6. The summed E-state index contributed by atoms with van der Waals surface area (Å²) in [5, 5.41) is 2.75. The molecule has 0 aliphatic rings. The topological polar surface area (TPSA) is 102 Å². The number of carbonyl (C=O) groups is 2. The molecule has 3 rings (SSSR count). The number of aryl methyl sites for hydroxylation is 4. The number of rotatable bonds is 6. The molecule has 0 unspecified atom stereocenters. The first-order valence-electron chi connectivity index (χ1n) is 10.2. The molecule has 0 saturated heterocycles. The fraction of sp³-hybridized carbons (Fsp3) is 0.200. The van der Waals surface area contributed by atoms with E-state index in [0.717, 1.165) is 16.7 Å². The van der Waals surface area contributed by atoms with Gasteiger partial charge in [0.1, 0.15) is 0 Å². The zero-order valence-corrected chi connectivity index (χ0v) is 20.0. The van der Waals surface area contributed by atoms with Gasteiger partial charge in [0.05, 0.1) is 23.3 Å². The molecule has 1 amide bonds. The van der Waals surface area contributed by atoms with Crippen molar-refractivity contribution in [3.8, 4) is 0 Å². The van der Waals surface area contributed by atoms with Crippen LogP contribution in [0.25, 0.3) is 0 Å². The van der Waals surface area contributed by atoms with Gasteiger partial charge in [-0.05, 0) is 80.3 Å². The lowest BCUT2D eigenvalue weighted by atomic mass is 10.1. The van der Waals surface area contributed by atoms with Crippen molar-refractivity contribution in [1.82, 2.24) is 0 Å². The molecule has 0 radical (unpaired) electrons. The van der Waals surface area contributed by atoms with Crippen molar-refractivity contribution >= 4 is 33.3 Å². The third-order valence-corrected chi connectivity index (χ3v) is 6.79. The standard InChI is InChI=1S/C25H26N2O5S/c1-15-6-7-17(3)22(12-15)27-33(30,31)23-14-19(10-9-18(23)4)24(28)26-21-13-20(25(29)32-5)11-8-16(21)2/h6-14,27H,1-5H3,(H,26,28). The highest BCUT2D eigenvalue weighted by atomic mass is 32.2. The molecule has 0 aliphatic carbocycles. The van der Waals surface area contributed by atoms with Crippen LogP contribution in [0, 0.1) is 27.7 Å². The zero-order chi connectivity index (χ0) is 24.3. The molecule has 0 aliphatic heterocycles. The molecule has 3 aromatic carbocycles. The number of esters is 1. The van der Waals surface area contributed by atoms with E-state index < -0.39 is 21.9 Å². The summed E-state index contributed by atoms with van der Waals surface area (Å²) in [6.07, 6.45) is 0. The summed E-state index contributed by atoms with van der Waals surface area (Å²) >= 11 is 0. The van der Waals surface area contributed by atoms with Crippen LogP contribution in [-0.4, -0.2) is 27.4 Å². The van der Waals surface area contributed by atoms with Crippen LogP contribution in [0.2, 0.25) is 0 Å². The molecule has 0 fully saturated rings. The van der Waals surface area contributed by atoms with Crippen molar-refractivity contribution in [2.45, 2.75) is 32.6 Å². The Balaban J connectivity index is 1.92. The predicted octanol–water partition coefficient (Wildman–Crippen LogP) is 4.76. The molecule has 2 N–H and O–H groups in total. The van der Waals surface area contributed by atoms with Gasteiger partial charge in [0.2, 0.25) is 0 Å². The number of sulfonamides is 1. The largest absolute Gasteiger partial charge is 0.465 e. The Morgan fingerprint density at radius 3 is 2.06 bits per heavy atom. The molecule has 0 saturated carbocycles. The van der Waals surface area contributed by atoms with Crippen molar-refractivity contribution in [1.29, 1.82) is 0 Å². The second-order valence-corrected chi connectivity index (χ2v) is 9.53. The minimum atomic E-state index is -3.93. The van der Waals surface area contributed by atoms with Gasteiger partial charge >= 0.3 is 5.97 Å². The molecule has 0 spiro atoms. The van der Waals surface area contributed by atoms with Crippen molar-refractivity contribution < 1.29 is 22.7 Å². The van der Waals surface area contributed by atoms with Crippen molar-refractivity contribution in [2.75, 3.05) is 17.1 Å². The van der Waals surface area contributed by atoms with Gasteiger partial charge in [0, 0.05) is 11.3 Å². The average molecular weight is 467 g/mol. The van der Waals surface area contributed by atoms with E-state index in [2.05, 4.69) is 10.0 Å². The predicted molar refractivity (Wildman–Crippen MR) is 128 cm³/mol. The summed E-state index contributed by atoms with van der Waals surface area (Å²) in [7, 11) is -2.65. The number of benzene rings is 3. The molecule has 7 nitrogen and oxygen atoms in total. The maximum Gasteiger partial charge on any atom is 0.337 e. The van der Waals surface area contributed by atoms with Gasteiger partial charge in [-0.2, -0.15) is 0 Å². The number of hydrogen-bond donors (Lipinski definition) is 2. The molecule has 172 valence electrons. The van der Waals surface area contributed by atoms with Gasteiger partial charge in [0.15, 0.2) is 0 Å².